The molecule has 8 heteroatoms. The molecule has 0 bridgehead atoms. The van der Waals surface area contributed by atoms with E-state index in [0.29, 0.717) is 22.1 Å². The summed E-state index contributed by atoms with van der Waals surface area (Å²) in [7, 11) is 4.55. The SMILES string of the molecule is CCC(C)Oc1c(Cl)cc(C=C2C(=O)N(C)C(=S)N(C)C2=O)cc1OC. The number of carbonyl (C=O) groups excluding carboxylic acids is 2. The molecule has 1 heterocycles. The van der Waals surface area contributed by atoms with Crippen molar-refractivity contribution in [1.82, 2.24) is 9.80 Å². The Labute approximate surface area is 163 Å². The van der Waals surface area contributed by atoms with Gasteiger partial charge in [-0.2, -0.15) is 0 Å². The molecule has 1 saturated heterocycles. The molecule has 1 atom stereocenters. The lowest BCUT2D eigenvalue weighted by Gasteiger charge is -2.31. The van der Waals surface area contributed by atoms with Gasteiger partial charge in [-0.25, -0.2) is 0 Å². The molecule has 1 aromatic carbocycles. The van der Waals surface area contributed by atoms with Gasteiger partial charge in [-0.3, -0.25) is 19.4 Å². The number of carbonyl (C=O) groups is 2. The molecule has 0 N–H and O–H groups in total. The van der Waals surface area contributed by atoms with Crippen LogP contribution in [0, 0.1) is 0 Å². The Bertz CT molecular complexity index is 768. The predicted octanol–water partition coefficient (Wildman–Crippen LogP) is 3.12. The molecule has 6 nitrogen and oxygen atoms in total. The molecule has 0 saturated carbocycles. The van der Waals surface area contributed by atoms with Gasteiger partial charge in [-0.05, 0) is 49.3 Å². The third kappa shape index (κ3) is 3.83. The van der Waals surface area contributed by atoms with Gasteiger partial charge in [0, 0.05) is 14.1 Å². The minimum absolute atomic E-state index is 0.00249. The first-order valence-corrected chi connectivity index (χ1v) is 8.85. The van der Waals surface area contributed by atoms with Crippen LogP contribution < -0.4 is 9.47 Å². The topological polar surface area (TPSA) is 59.1 Å². The summed E-state index contributed by atoms with van der Waals surface area (Å²) in [4.78, 5) is 27.3. The lowest BCUT2D eigenvalue weighted by Crippen LogP contribution is -2.52. The molecule has 1 fully saturated rings. The first-order valence-electron chi connectivity index (χ1n) is 8.07. The van der Waals surface area contributed by atoms with E-state index in [1.165, 1.54) is 37.1 Å². The first kappa shape index (κ1) is 20.2. The van der Waals surface area contributed by atoms with Crippen molar-refractivity contribution in [2.75, 3.05) is 21.2 Å². The van der Waals surface area contributed by atoms with Crippen LogP contribution >= 0.6 is 23.8 Å². The van der Waals surface area contributed by atoms with Gasteiger partial charge in [0.2, 0.25) is 0 Å². The number of amides is 2. The number of methoxy groups -OCH3 is 1. The minimum atomic E-state index is -0.465. The van der Waals surface area contributed by atoms with Crippen molar-refractivity contribution in [1.29, 1.82) is 0 Å². The van der Waals surface area contributed by atoms with E-state index >= 15 is 0 Å². The Hall–Kier alpha value is -2.12. The van der Waals surface area contributed by atoms with Crippen molar-refractivity contribution in [3.05, 3.63) is 28.3 Å². The Morgan fingerprint density at radius 2 is 1.81 bits per heavy atom. The summed E-state index contributed by atoms with van der Waals surface area (Å²) in [6, 6.07) is 3.30. The van der Waals surface area contributed by atoms with Crippen LogP contribution in [-0.4, -0.2) is 54.0 Å². The second kappa shape index (κ2) is 8.05. The summed E-state index contributed by atoms with van der Waals surface area (Å²) in [6.45, 7) is 3.93. The van der Waals surface area contributed by atoms with E-state index in [2.05, 4.69) is 0 Å². The molecule has 1 aliphatic rings. The van der Waals surface area contributed by atoms with Crippen LogP contribution in [0.25, 0.3) is 6.08 Å². The monoisotopic (exact) mass is 396 g/mol. The van der Waals surface area contributed by atoms with Crippen LogP contribution in [0.5, 0.6) is 11.5 Å². The smallest absolute Gasteiger partial charge is 0.265 e. The molecule has 1 aliphatic heterocycles. The van der Waals surface area contributed by atoms with E-state index < -0.39 is 11.8 Å². The Balaban J connectivity index is 2.47. The molecule has 2 amide bonds. The summed E-state index contributed by atoms with van der Waals surface area (Å²) >= 11 is 11.4. The van der Waals surface area contributed by atoms with Crippen molar-refractivity contribution < 1.29 is 19.1 Å². The molecular weight excluding hydrogens is 376 g/mol. The number of thiocarbonyl (C=S) groups is 1. The van der Waals surface area contributed by atoms with Crippen LogP contribution in [0.2, 0.25) is 5.02 Å². The molecule has 140 valence electrons. The van der Waals surface area contributed by atoms with Crippen LogP contribution in [0.15, 0.2) is 17.7 Å². The van der Waals surface area contributed by atoms with Gasteiger partial charge < -0.3 is 9.47 Å². The normalized spacial score (nSPS) is 16.1. The average molecular weight is 397 g/mol. The Morgan fingerprint density at radius 3 is 2.31 bits per heavy atom. The fourth-order valence-electron chi connectivity index (χ4n) is 2.36. The second-order valence-corrected chi connectivity index (χ2v) is 6.71. The van der Waals surface area contributed by atoms with Gasteiger partial charge in [0.15, 0.2) is 16.6 Å². The zero-order valence-electron chi connectivity index (χ0n) is 15.3. The number of halogens is 1. The van der Waals surface area contributed by atoms with E-state index in [4.69, 9.17) is 33.3 Å². The van der Waals surface area contributed by atoms with Crippen molar-refractivity contribution >= 4 is 46.8 Å². The van der Waals surface area contributed by atoms with Crippen LogP contribution in [-0.2, 0) is 9.59 Å². The second-order valence-electron chi connectivity index (χ2n) is 5.94. The van der Waals surface area contributed by atoms with Crippen LogP contribution in [0.1, 0.15) is 25.8 Å². The number of benzene rings is 1. The van der Waals surface area contributed by atoms with Crippen molar-refractivity contribution in [2.45, 2.75) is 26.4 Å². The molecule has 1 aromatic rings. The van der Waals surface area contributed by atoms with Gasteiger partial charge >= 0.3 is 0 Å². The summed E-state index contributed by atoms with van der Waals surface area (Å²) < 4.78 is 11.2. The molecule has 2 rings (SSSR count). The highest BCUT2D eigenvalue weighted by atomic mass is 35.5. The van der Waals surface area contributed by atoms with Gasteiger partial charge in [0.05, 0.1) is 18.2 Å². The lowest BCUT2D eigenvalue weighted by atomic mass is 10.1. The first-order chi connectivity index (χ1) is 12.2. The lowest BCUT2D eigenvalue weighted by molar-refractivity contribution is -0.132. The number of likely N-dealkylation sites (N-methyl/N-ethyl adjacent to an activating group) is 2. The average Bonchev–Trinajstić information content (AvgIpc) is 2.63. The summed E-state index contributed by atoms with van der Waals surface area (Å²) in [6.07, 6.45) is 2.25. The molecule has 1 unspecified atom stereocenters. The fourth-order valence-corrected chi connectivity index (χ4v) is 2.79. The zero-order chi connectivity index (χ0) is 19.6. The van der Waals surface area contributed by atoms with Gasteiger partial charge in [0.1, 0.15) is 5.57 Å². The highest BCUT2D eigenvalue weighted by molar-refractivity contribution is 7.80. The van der Waals surface area contributed by atoms with Gasteiger partial charge in [-0.15, -0.1) is 0 Å². The highest BCUT2D eigenvalue weighted by Crippen LogP contribution is 2.38. The summed E-state index contributed by atoms with van der Waals surface area (Å²) in [5.74, 6) is -0.0683. The third-order valence-electron chi connectivity index (χ3n) is 4.10. The molecule has 0 radical (unpaired) electrons. The number of rotatable bonds is 5. The van der Waals surface area contributed by atoms with Gasteiger partial charge in [-0.1, -0.05) is 18.5 Å². The summed E-state index contributed by atoms with van der Waals surface area (Å²) in [5, 5.41) is 0.495. The maximum absolute atomic E-state index is 12.4. The molecule has 26 heavy (non-hydrogen) atoms. The zero-order valence-corrected chi connectivity index (χ0v) is 16.9. The Kier molecular flexibility index (Phi) is 6.26. The predicted molar refractivity (Wildman–Crippen MR) is 105 cm³/mol. The van der Waals surface area contributed by atoms with Crippen molar-refractivity contribution in [3.63, 3.8) is 0 Å². The maximum atomic E-state index is 12.4. The van der Waals surface area contributed by atoms with E-state index in [9.17, 15) is 9.59 Å². The van der Waals surface area contributed by atoms with E-state index in [1.807, 2.05) is 13.8 Å². The number of hydrogen-bond donors (Lipinski definition) is 0. The van der Waals surface area contributed by atoms with Gasteiger partial charge in [0.25, 0.3) is 11.8 Å². The van der Waals surface area contributed by atoms with Crippen LogP contribution in [0.4, 0.5) is 0 Å². The number of nitrogens with zero attached hydrogens (tertiary/aromatic N) is 2. The van der Waals surface area contributed by atoms with Crippen molar-refractivity contribution in [2.24, 2.45) is 0 Å². The number of ether oxygens (including phenoxy) is 2. The summed E-state index contributed by atoms with van der Waals surface area (Å²) in [5.41, 5.74) is 0.548. The van der Waals surface area contributed by atoms with E-state index in [1.54, 1.807) is 12.1 Å². The Morgan fingerprint density at radius 1 is 1.23 bits per heavy atom. The quantitative estimate of drug-likeness (QED) is 0.435. The fraction of sp³-hybridized carbons (Fsp3) is 0.389. The minimum Gasteiger partial charge on any atom is -0.493 e. The highest BCUT2D eigenvalue weighted by Gasteiger charge is 2.35. The van der Waals surface area contributed by atoms with Crippen LogP contribution in [0.3, 0.4) is 0 Å². The molecule has 0 spiro atoms. The maximum Gasteiger partial charge on any atom is 0.265 e. The number of hydrogen-bond acceptors (Lipinski definition) is 5. The van der Waals surface area contributed by atoms with E-state index in [0.717, 1.165) is 6.42 Å². The molecular formula is C18H21ClN2O4S. The standard InChI is InChI=1S/C18H21ClN2O4S/c1-6-10(2)25-15-13(19)8-11(9-14(15)24-5)7-12-16(22)20(3)18(26)21(4)17(12)23/h7-10H,6H2,1-5H3. The molecule has 0 aromatic heterocycles. The third-order valence-corrected chi connectivity index (χ3v) is 4.93. The molecule has 0 aliphatic carbocycles. The van der Waals surface area contributed by atoms with Crippen molar-refractivity contribution in [3.8, 4) is 11.5 Å². The largest absolute Gasteiger partial charge is 0.493 e. The van der Waals surface area contributed by atoms with E-state index in [-0.39, 0.29) is 16.8 Å².